The highest BCUT2D eigenvalue weighted by Crippen LogP contribution is 2.34. The first kappa shape index (κ1) is 22.8. The van der Waals surface area contributed by atoms with E-state index >= 15 is 0 Å². The van der Waals surface area contributed by atoms with Crippen LogP contribution in [0.3, 0.4) is 0 Å². The van der Waals surface area contributed by atoms with Crippen molar-refractivity contribution >= 4 is 9.84 Å². The minimum Gasteiger partial charge on any atom is -0.464 e. The van der Waals surface area contributed by atoms with Gasteiger partial charge in [-0.3, -0.25) is 0 Å². The van der Waals surface area contributed by atoms with Crippen molar-refractivity contribution < 1.29 is 30.7 Å². The molecule has 0 aliphatic carbocycles. The lowest BCUT2D eigenvalue weighted by molar-refractivity contribution is -0.141. The molecule has 0 unspecified atom stereocenters. The van der Waals surface area contributed by atoms with Crippen molar-refractivity contribution in [2.75, 3.05) is 13.4 Å². The second-order valence-corrected chi connectivity index (χ2v) is 9.36. The number of aromatic nitrogens is 2. The third-order valence-corrected chi connectivity index (χ3v) is 6.17. The summed E-state index contributed by atoms with van der Waals surface area (Å²) >= 11 is 0. The van der Waals surface area contributed by atoms with Crippen molar-refractivity contribution in [2.24, 2.45) is 0 Å². The van der Waals surface area contributed by atoms with Gasteiger partial charge in [0.15, 0.2) is 15.5 Å². The highest BCUT2D eigenvalue weighted by molar-refractivity contribution is 7.90. The fourth-order valence-electron chi connectivity index (χ4n) is 3.50. The minimum absolute atomic E-state index is 0.0309. The molecule has 2 aromatic heterocycles. The Kier molecular flexibility index (Phi) is 5.89. The molecular weight excluding hydrogens is 457 g/mol. The van der Waals surface area contributed by atoms with Crippen LogP contribution in [0.5, 0.6) is 0 Å². The first-order chi connectivity index (χ1) is 15.6. The normalized spacial score (nSPS) is 12.3. The third kappa shape index (κ3) is 4.71. The minimum atomic E-state index is -4.66. The summed E-state index contributed by atoms with van der Waals surface area (Å²) in [5, 5.41) is 3.78. The van der Waals surface area contributed by atoms with Gasteiger partial charge >= 0.3 is 6.18 Å². The molecule has 0 aliphatic rings. The molecule has 0 radical (unpaired) electrons. The molecule has 0 aliphatic heterocycles. The van der Waals surface area contributed by atoms with Gasteiger partial charge < -0.3 is 9.15 Å². The van der Waals surface area contributed by atoms with Gasteiger partial charge in [0.1, 0.15) is 5.76 Å². The van der Waals surface area contributed by atoms with Crippen LogP contribution in [0.4, 0.5) is 13.2 Å². The highest BCUT2D eigenvalue weighted by atomic mass is 32.2. The van der Waals surface area contributed by atoms with E-state index in [0.29, 0.717) is 16.9 Å². The maximum Gasteiger partial charge on any atom is 0.435 e. The lowest BCUT2D eigenvalue weighted by atomic mass is 10.1. The molecule has 2 aromatic carbocycles. The van der Waals surface area contributed by atoms with Gasteiger partial charge in [0, 0.05) is 24.5 Å². The van der Waals surface area contributed by atoms with E-state index in [2.05, 4.69) is 5.10 Å². The van der Waals surface area contributed by atoms with Gasteiger partial charge in [-0.25, -0.2) is 13.1 Å². The van der Waals surface area contributed by atoms with E-state index in [4.69, 9.17) is 9.15 Å². The van der Waals surface area contributed by atoms with Crippen LogP contribution in [-0.2, 0) is 27.4 Å². The number of nitrogens with zero attached hydrogens (tertiary/aromatic N) is 2. The molecular formula is C23H19F3N2O4S. The van der Waals surface area contributed by atoms with Crippen LogP contribution in [0, 0.1) is 0 Å². The zero-order valence-electron chi connectivity index (χ0n) is 17.6. The van der Waals surface area contributed by atoms with Crippen molar-refractivity contribution in [1.82, 2.24) is 9.78 Å². The summed E-state index contributed by atoms with van der Waals surface area (Å²) in [5.74, 6) is 0.631. The van der Waals surface area contributed by atoms with Crippen molar-refractivity contribution in [2.45, 2.75) is 17.7 Å². The topological polar surface area (TPSA) is 74.3 Å². The van der Waals surface area contributed by atoms with Crippen LogP contribution < -0.4 is 0 Å². The lowest BCUT2D eigenvalue weighted by Gasteiger charge is -2.13. The van der Waals surface area contributed by atoms with Crippen LogP contribution in [-0.4, -0.2) is 31.6 Å². The summed E-state index contributed by atoms with van der Waals surface area (Å²) in [5.41, 5.74) is 0.993. The Morgan fingerprint density at radius 3 is 2.30 bits per heavy atom. The van der Waals surface area contributed by atoms with Gasteiger partial charge in [-0.05, 0) is 42.0 Å². The summed E-state index contributed by atoms with van der Waals surface area (Å²) in [6.45, 7) is -0.0309. The predicted molar refractivity (Wildman–Crippen MR) is 116 cm³/mol. The molecule has 10 heteroatoms. The molecule has 0 saturated carbocycles. The maximum atomic E-state index is 13.5. The molecule has 4 rings (SSSR count). The number of rotatable bonds is 6. The Balaban J connectivity index is 1.85. The number of halogens is 3. The Morgan fingerprint density at radius 2 is 1.73 bits per heavy atom. The smallest absolute Gasteiger partial charge is 0.435 e. The number of methoxy groups -OCH3 is 1. The number of alkyl halides is 3. The molecule has 0 fully saturated rings. The highest BCUT2D eigenvalue weighted by Gasteiger charge is 2.35. The average molecular weight is 476 g/mol. The number of hydrogen-bond acceptors (Lipinski definition) is 5. The van der Waals surface area contributed by atoms with E-state index < -0.39 is 21.7 Å². The fraction of sp³-hybridized carbons (Fsp3) is 0.174. The van der Waals surface area contributed by atoms with Gasteiger partial charge in [-0.2, -0.15) is 18.3 Å². The zero-order chi connectivity index (χ0) is 23.8. The van der Waals surface area contributed by atoms with Gasteiger partial charge in [0.05, 0.1) is 29.1 Å². The summed E-state index contributed by atoms with van der Waals surface area (Å²) in [6, 6.07) is 15.5. The third-order valence-electron chi connectivity index (χ3n) is 4.97. The molecule has 0 saturated heterocycles. The van der Waals surface area contributed by atoms with E-state index in [0.717, 1.165) is 22.6 Å². The summed E-state index contributed by atoms with van der Waals surface area (Å²) in [6.07, 6.45) is -2.06. The summed E-state index contributed by atoms with van der Waals surface area (Å²) in [4.78, 5) is 0.0423. The standard InChI is InChI=1S/C23H19F3N2O4S/c1-31-14-17-12-18(9-10-21(17)33(2,29)30)28-19(13-22(27-28)23(24,25)26)15-5-7-16(8-6-15)20-4-3-11-32-20/h3-13H,14H2,1-2H3. The Morgan fingerprint density at radius 1 is 1.03 bits per heavy atom. The molecule has 33 heavy (non-hydrogen) atoms. The van der Waals surface area contributed by atoms with Gasteiger partial charge in [-0.15, -0.1) is 0 Å². The van der Waals surface area contributed by atoms with Crippen LogP contribution >= 0.6 is 0 Å². The number of hydrogen-bond donors (Lipinski definition) is 0. The molecule has 0 amide bonds. The molecule has 2 heterocycles. The lowest BCUT2D eigenvalue weighted by Crippen LogP contribution is -2.09. The first-order valence-electron chi connectivity index (χ1n) is 9.72. The molecule has 172 valence electrons. The SMILES string of the molecule is COCc1cc(-n2nc(C(F)(F)F)cc2-c2ccc(-c3ccco3)cc2)ccc1S(C)(=O)=O. The maximum absolute atomic E-state index is 13.5. The molecule has 0 N–H and O–H groups in total. The number of benzene rings is 2. The number of furan rings is 1. The number of sulfone groups is 1. The van der Waals surface area contributed by atoms with E-state index in [1.165, 1.54) is 31.6 Å². The van der Waals surface area contributed by atoms with Crippen LogP contribution in [0.1, 0.15) is 11.3 Å². The van der Waals surface area contributed by atoms with Gasteiger partial charge in [0.25, 0.3) is 0 Å². The Hall–Kier alpha value is -3.37. The quantitative estimate of drug-likeness (QED) is 0.374. The number of ether oxygens (including phenoxy) is 1. The predicted octanol–water partition coefficient (Wildman–Crippen LogP) is 5.37. The zero-order valence-corrected chi connectivity index (χ0v) is 18.4. The monoisotopic (exact) mass is 476 g/mol. The summed E-state index contributed by atoms with van der Waals surface area (Å²) in [7, 11) is -2.16. The van der Waals surface area contributed by atoms with Crippen LogP contribution in [0.25, 0.3) is 28.3 Å². The van der Waals surface area contributed by atoms with E-state index in [1.807, 2.05) is 0 Å². The molecule has 0 spiro atoms. The first-order valence-corrected chi connectivity index (χ1v) is 11.6. The van der Waals surface area contributed by atoms with Gasteiger partial charge in [-0.1, -0.05) is 24.3 Å². The molecule has 0 atom stereocenters. The average Bonchev–Trinajstić information content (AvgIpc) is 3.43. The molecule has 0 bridgehead atoms. The Labute approximate surface area is 188 Å². The van der Waals surface area contributed by atoms with E-state index in [1.54, 1.807) is 36.4 Å². The largest absolute Gasteiger partial charge is 0.464 e. The van der Waals surface area contributed by atoms with Crippen molar-refractivity contribution in [1.29, 1.82) is 0 Å². The second kappa shape index (κ2) is 8.53. The molecule has 6 nitrogen and oxygen atoms in total. The van der Waals surface area contributed by atoms with Crippen molar-refractivity contribution in [3.63, 3.8) is 0 Å². The van der Waals surface area contributed by atoms with Crippen molar-refractivity contribution in [3.05, 3.63) is 78.2 Å². The van der Waals surface area contributed by atoms with Crippen LogP contribution in [0.15, 0.2) is 76.2 Å². The fourth-order valence-corrected chi connectivity index (χ4v) is 4.41. The van der Waals surface area contributed by atoms with Crippen molar-refractivity contribution in [3.8, 4) is 28.3 Å². The Bertz CT molecular complexity index is 1370. The van der Waals surface area contributed by atoms with E-state index in [9.17, 15) is 21.6 Å². The molecule has 4 aromatic rings. The van der Waals surface area contributed by atoms with E-state index in [-0.39, 0.29) is 22.9 Å². The van der Waals surface area contributed by atoms with Gasteiger partial charge in [0.2, 0.25) is 0 Å². The summed E-state index contributed by atoms with van der Waals surface area (Å²) < 4.78 is 76.3. The van der Waals surface area contributed by atoms with Crippen LogP contribution in [0.2, 0.25) is 0 Å². The second-order valence-electron chi connectivity index (χ2n) is 7.38.